The van der Waals surface area contributed by atoms with Crippen LogP contribution in [-0.4, -0.2) is 23.1 Å². The Morgan fingerprint density at radius 3 is 2.76 bits per heavy atom. The van der Waals surface area contributed by atoms with Crippen molar-refractivity contribution in [3.63, 3.8) is 0 Å². The lowest BCUT2D eigenvalue weighted by atomic mass is 10.2. The van der Waals surface area contributed by atoms with Gasteiger partial charge in [0.15, 0.2) is 0 Å². The van der Waals surface area contributed by atoms with Gasteiger partial charge in [0.1, 0.15) is 11.6 Å². The van der Waals surface area contributed by atoms with E-state index in [4.69, 9.17) is 0 Å². The monoisotopic (exact) mass is 394 g/mol. The Labute approximate surface area is 139 Å². The minimum Gasteiger partial charge on any atom is -0.380 e. The van der Waals surface area contributed by atoms with Gasteiger partial charge >= 0.3 is 0 Å². The van der Waals surface area contributed by atoms with Crippen molar-refractivity contribution < 1.29 is 0 Å². The first kappa shape index (κ1) is 14.6. The van der Waals surface area contributed by atoms with Gasteiger partial charge in [-0.05, 0) is 54.5 Å². The summed E-state index contributed by atoms with van der Waals surface area (Å²) in [6.45, 7) is 4.92. The zero-order chi connectivity index (χ0) is 14.7. The summed E-state index contributed by atoms with van der Waals surface area (Å²) in [5.74, 6) is 1.94. The number of hydrogen-bond acceptors (Lipinski definition) is 4. The second-order valence-electron chi connectivity index (χ2n) is 5.29. The van der Waals surface area contributed by atoms with E-state index in [0.29, 0.717) is 0 Å². The quantitative estimate of drug-likeness (QED) is 0.805. The van der Waals surface area contributed by atoms with Crippen molar-refractivity contribution in [1.29, 1.82) is 0 Å². The highest BCUT2D eigenvalue weighted by Gasteiger charge is 2.17. The highest BCUT2D eigenvalue weighted by Crippen LogP contribution is 2.24. The van der Waals surface area contributed by atoms with Crippen LogP contribution in [0.1, 0.15) is 24.2 Å². The Balaban J connectivity index is 1.80. The van der Waals surface area contributed by atoms with E-state index in [0.717, 1.165) is 37.0 Å². The minimum absolute atomic E-state index is 0.756. The lowest BCUT2D eigenvalue weighted by Crippen LogP contribution is -2.22. The molecule has 1 aromatic carbocycles. The van der Waals surface area contributed by atoms with Crippen molar-refractivity contribution in [3.05, 3.63) is 45.4 Å². The first-order chi connectivity index (χ1) is 10.2. The van der Waals surface area contributed by atoms with Crippen molar-refractivity contribution in [2.24, 2.45) is 0 Å². The molecule has 2 heterocycles. The second kappa shape index (κ2) is 6.60. The summed E-state index contributed by atoms with van der Waals surface area (Å²) in [5, 5.41) is 3.50. The van der Waals surface area contributed by atoms with E-state index in [2.05, 4.69) is 67.0 Å². The summed E-state index contributed by atoms with van der Waals surface area (Å²) >= 11 is 2.35. The zero-order valence-electron chi connectivity index (χ0n) is 12.1. The van der Waals surface area contributed by atoms with Gasteiger partial charge in [0.25, 0.3) is 0 Å². The van der Waals surface area contributed by atoms with Crippen molar-refractivity contribution in [1.82, 2.24) is 9.97 Å². The van der Waals surface area contributed by atoms with Crippen LogP contribution in [0.15, 0.2) is 30.5 Å². The highest BCUT2D eigenvalue weighted by molar-refractivity contribution is 14.1. The molecule has 1 fully saturated rings. The Kier molecular flexibility index (Phi) is 4.57. The van der Waals surface area contributed by atoms with Gasteiger partial charge in [-0.15, -0.1) is 0 Å². The van der Waals surface area contributed by atoms with E-state index in [9.17, 15) is 0 Å². The third-order valence-corrected chi connectivity index (χ3v) is 4.65. The van der Waals surface area contributed by atoms with Gasteiger partial charge in [0.05, 0.1) is 0 Å². The van der Waals surface area contributed by atoms with Crippen molar-refractivity contribution >= 4 is 34.1 Å². The Morgan fingerprint density at radius 1 is 1.24 bits per heavy atom. The minimum atomic E-state index is 0.756. The van der Waals surface area contributed by atoms with Crippen LogP contribution < -0.4 is 10.2 Å². The molecule has 1 aromatic heterocycles. The van der Waals surface area contributed by atoms with Crippen molar-refractivity contribution in [2.45, 2.75) is 26.3 Å². The smallest absolute Gasteiger partial charge is 0.137 e. The molecule has 5 heteroatoms. The molecule has 110 valence electrons. The van der Waals surface area contributed by atoms with Crippen LogP contribution in [0.5, 0.6) is 0 Å². The van der Waals surface area contributed by atoms with Crippen LogP contribution in [0, 0.1) is 10.5 Å². The summed E-state index contributed by atoms with van der Waals surface area (Å²) in [6, 6.07) is 8.32. The molecule has 0 bridgehead atoms. The fraction of sp³-hybridized carbons (Fsp3) is 0.375. The maximum absolute atomic E-state index is 4.66. The van der Waals surface area contributed by atoms with Gasteiger partial charge in [-0.3, -0.25) is 0 Å². The van der Waals surface area contributed by atoms with Crippen LogP contribution in [-0.2, 0) is 6.54 Å². The van der Waals surface area contributed by atoms with E-state index in [-0.39, 0.29) is 0 Å². The summed E-state index contributed by atoms with van der Waals surface area (Å²) in [7, 11) is 0. The fourth-order valence-corrected chi connectivity index (χ4v) is 3.18. The molecular weight excluding hydrogens is 375 g/mol. The lowest BCUT2D eigenvalue weighted by molar-refractivity contribution is 0.883. The van der Waals surface area contributed by atoms with Gasteiger partial charge < -0.3 is 10.2 Å². The number of anilines is 2. The van der Waals surface area contributed by atoms with E-state index in [1.807, 2.05) is 13.1 Å². The summed E-state index contributed by atoms with van der Waals surface area (Å²) in [5.41, 5.74) is 2.33. The fourth-order valence-electron chi connectivity index (χ4n) is 2.61. The molecule has 4 nitrogen and oxygen atoms in total. The van der Waals surface area contributed by atoms with E-state index < -0.39 is 0 Å². The summed E-state index contributed by atoms with van der Waals surface area (Å²) < 4.78 is 1.23. The molecule has 0 aliphatic carbocycles. The lowest BCUT2D eigenvalue weighted by Gasteiger charge is -2.20. The number of nitrogens with zero attached hydrogens (tertiary/aromatic N) is 3. The zero-order valence-corrected chi connectivity index (χ0v) is 14.3. The van der Waals surface area contributed by atoms with Crippen molar-refractivity contribution in [2.75, 3.05) is 23.3 Å². The number of nitrogens with one attached hydrogen (secondary N) is 1. The molecule has 21 heavy (non-hydrogen) atoms. The highest BCUT2D eigenvalue weighted by atomic mass is 127. The number of benzene rings is 1. The number of para-hydroxylation sites is 1. The van der Waals surface area contributed by atoms with Crippen LogP contribution in [0.25, 0.3) is 0 Å². The molecule has 0 radical (unpaired) electrons. The molecule has 3 rings (SSSR count). The first-order valence-electron chi connectivity index (χ1n) is 7.30. The maximum atomic E-state index is 4.66. The molecular formula is C16H19IN4. The molecule has 1 aliphatic rings. The average Bonchev–Trinajstić information content (AvgIpc) is 3.01. The number of aromatic nitrogens is 2. The standard InChI is InChI=1S/C16H19IN4/c1-12-18-10-13(16(20-12)21-8-4-5-9-21)11-19-15-7-3-2-6-14(15)17/h2-3,6-7,10,19H,4-5,8-9,11H2,1H3. The topological polar surface area (TPSA) is 41.1 Å². The predicted octanol–water partition coefficient (Wildman–Crippen LogP) is 3.60. The maximum Gasteiger partial charge on any atom is 0.137 e. The SMILES string of the molecule is Cc1ncc(CNc2ccccc2I)c(N2CCCC2)n1. The van der Waals surface area contributed by atoms with Gasteiger partial charge in [-0.1, -0.05) is 12.1 Å². The van der Waals surface area contributed by atoms with Crippen molar-refractivity contribution in [3.8, 4) is 0 Å². The number of halogens is 1. The molecule has 0 unspecified atom stereocenters. The van der Waals surface area contributed by atoms with Crippen LogP contribution in [0.4, 0.5) is 11.5 Å². The normalized spacial score (nSPS) is 14.5. The molecule has 0 saturated carbocycles. The number of rotatable bonds is 4. The third kappa shape index (κ3) is 3.45. The molecule has 2 aromatic rings. The van der Waals surface area contributed by atoms with Crippen LogP contribution in [0.2, 0.25) is 0 Å². The summed E-state index contributed by atoms with van der Waals surface area (Å²) in [4.78, 5) is 11.4. The van der Waals surface area contributed by atoms with Crippen LogP contribution >= 0.6 is 22.6 Å². The predicted molar refractivity (Wildman–Crippen MR) is 94.7 cm³/mol. The first-order valence-corrected chi connectivity index (χ1v) is 8.38. The molecule has 1 aliphatic heterocycles. The largest absolute Gasteiger partial charge is 0.380 e. The molecule has 1 N–H and O–H groups in total. The van der Waals surface area contributed by atoms with E-state index in [1.165, 1.54) is 22.0 Å². The molecule has 0 amide bonds. The van der Waals surface area contributed by atoms with Gasteiger partial charge in [-0.25, -0.2) is 9.97 Å². The Hall–Kier alpha value is -1.37. The molecule has 0 spiro atoms. The summed E-state index contributed by atoms with van der Waals surface area (Å²) in [6.07, 6.45) is 4.47. The molecule has 0 atom stereocenters. The number of aryl methyl sites for hydroxylation is 1. The van der Waals surface area contributed by atoms with E-state index >= 15 is 0 Å². The Bertz CT molecular complexity index is 623. The van der Waals surface area contributed by atoms with Gasteiger partial charge in [0.2, 0.25) is 0 Å². The third-order valence-electron chi connectivity index (χ3n) is 3.71. The van der Waals surface area contributed by atoms with Gasteiger partial charge in [-0.2, -0.15) is 0 Å². The Morgan fingerprint density at radius 2 is 2.00 bits per heavy atom. The molecule has 1 saturated heterocycles. The van der Waals surface area contributed by atoms with E-state index in [1.54, 1.807) is 0 Å². The number of hydrogen-bond donors (Lipinski definition) is 1. The average molecular weight is 394 g/mol. The van der Waals surface area contributed by atoms with Gasteiger partial charge in [0, 0.05) is 40.7 Å². The van der Waals surface area contributed by atoms with Crippen LogP contribution in [0.3, 0.4) is 0 Å². The second-order valence-corrected chi connectivity index (χ2v) is 6.46.